The van der Waals surface area contributed by atoms with Gasteiger partial charge in [0.25, 0.3) is 0 Å². The van der Waals surface area contributed by atoms with Crippen LogP contribution in [0.25, 0.3) is 0 Å². The summed E-state index contributed by atoms with van der Waals surface area (Å²) in [4.78, 5) is 2.00. The molecule has 0 fully saturated rings. The summed E-state index contributed by atoms with van der Waals surface area (Å²) in [6, 6.07) is 5.83. The maximum Gasteiger partial charge on any atom is 0.0474 e. The molecule has 0 aliphatic rings. The Labute approximate surface area is 96.0 Å². The fraction of sp³-hybridized carbons (Fsp3) is 0.455. The number of hydrogen-bond donors (Lipinski definition) is 2. The molecule has 1 aromatic rings. The monoisotopic (exact) mass is 227 g/mol. The average molecular weight is 228 g/mol. The van der Waals surface area contributed by atoms with Crippen LogP contribution in [-0.4, -0.2) is 20.6 Å². The van der Waals surface area contributed by atoms with Crippen molar-refractivity contribution < 1.29 is 0 Å². The molecule has 3 nitrogen and oxygen atoms in total. The van der Waals surface area contributed by atoms with Gasteiger partial charge in [-0.15, -0.1) is 0 Å². The van der Waals surface area contributed by atoms with Crippen LogP contribution in [0.2, 0.25) is 5.02 Å². The number of benzene rings is 1. The van der Waals surface area contributed by atoms with Crippen molar-refractivity contribution in [3.05, 3.63) is 28.8 Å². The van der Waals surface area contributed by atoms with Gasteiger partial charge >= 0.3 is 0 Å². The van der Waals surface area contributed by atoms with Crippen molar-refractivity contribution in [3.8, 4) is 0 Å². The van der Waals surface area contributed by atoms with Crippen LogP contribution in [0.5, 0.6) is 0 Å². The standard InChI is InChI=1S/C11H18ClN3/c1-15(2)8-3-4-9(10(12)7-8)11(14)5-6-13/h3-4,7,11H,5-6,13-14H2,1-2H3/t11-/m1/s1. The Morgan fingerprint density at radius 1 is 1.40 bits per heavy atom. The molecule has 84 valence electrons. The molecule has 0 aliphatic carbocycles. The third-order valence-electron chi connectivity index (χ3n) is 2.38. The van der Waals surface area contributed by atoms with Crippen molar-refractivity contribution >= 4 is 17.3 Å². The van der Waals surface area contributed by atoms with Crippen molar-refractivity contribution in [2.24, 2.45) is 11.5 Å². The summed E-state index contributed by atoms with van der Waals surface area (Å²) in [5, 5.41) is 0.710. The molecule has 1 aromatic carbocycles. The van der Waals surface area contributed by atoms with E-state index in [9.17, 15) is 0 Å². The zero-order chi connectivity index (χ0) is 11.4. The Morgan fingerprint density at radius 3 is 2.53 bits per heavy atom. The minimum absolute atomic E-state index is 0.0706. The maximum absolute atomic E-state index is 6.16. The summed E-state index contributed by atoms with van der Waals surface area (Å²) >= 11 is 6.16. The lowest BCUT2D eigenvalue weighted by molar-refractivity contribution is 0.661. The number of anilines is 1. The number of nitrogens with two attached hydrogens (primary N) is 2. The van der Waals surface area contributed by atoms with E-state index in [4.69, 9.17) is 23.1 Å². The molecule has 0 saturated carbocycles. The predicted octanol–water partition coefficient (Wildman–Crippen LogP) is 1.75. The van der Waals surface area contributed by atoms with E-state index in [0.717, 1.165) is 17.7 Å². The van der Waals surface area contributed by atoms with Crippen LogP contribution >= 0.6 is 11.6 Å². The Morgan fingerprint density at radius 2 is 2.07 bits per heavy atom. The Balaban J connectivity index is 2.92. The van der Waals surface area contributed by atoms with Gasteiger partial charge in [-0.05, 0) is 30.7 Å². The third kappa shape index (κ3) is 3.09. The van der Waals surface area contributed by atoms with Crippen molar-refractivity contribution in [2.75, 3.05) is 25.5 Å². The van der Waals surface area contributed by atoms with E-state index in [1.807, 2.05) is 37.2 Å². The molecule has 1 rings (SSSR count). The lowest BCUT2D eigenvalue weighted by Gasteiger charge is -2.17. The van der Waals surface area contributed by atoms with Crippen molar-refractivity contribution in [3.63, 3.8) is 0 Å². The summed E-state index contributed by atoms with van der Waals surface area (Å²) in [7, 11) is 3.95. The molecule has 15 heavy (non-hydrogen) atoms. The third-order valence-corrected chi connectivity index (χ3v) is 2.70. The van der Waals surface area contributed by atoms with Gasteiger partial charge in [-0.25, -0.2) is 0 Å². The molecule has 0 bridgehead atoms. The smallest absolute Gasteiger partial charge is 0.0474 e. The van der Waals surface area contributed by atoms with Crippen LogP contribution in [0.1, 0.15) is 18.0 Å². The van der Waals surface area contributed by atoms with Gasteiger partial charge in [-0.3, -0.25) is 0 Å². The zero-order valence-corrected chi connectivity index (χ0v) is 9.96. The van der Waals surface area contributed by atoms with Gasteiger partial charge < -0.3 is 16.4 Å². The zero-order valence-electron chi connectivity index (χ0n) is 9.20. The van der Waals surface area contributed by atoms with Crippen LogP contribution in [0, 0.1) is 0 Å². The summed E-state index contributed by atoms with van der Waals surface area (Å²) in [5.74, 6) is 0. The normalized spacial score (nSPS) is 12.6. The minimum atomic E-state index is -0.0706. The Kier molecular flexibility index (Phi) is 4.39. The SMILES string of the molecule is CN(C)c1ccc([C@H](N)CCN)c(Cl)c1. The summed E-state index contributed by atoms with van der Waals surface area (Å²) in [6.07, 6.45) is 0.751. The molecular weight excluding hydrogens is 210 g/mol. The lowest BCUT2D eigenvalue weighted by atomic mass is 10.0. The first kappa shape index (κ1) is 12.3. The molecule has 4 N–H and O–H groups in total. The molecule has 1 atom stereocenters. The Bertz CT molecular complexity index is 326. The molecule has 0 aromatic heterocycles. The van der Waals surface area contributed by atoms with Gasteiger partial charge in [0.05, 0.1) is 0 Å². The fourth-order valence-electron chi connectivity index (χ4n) is 1.43. The highest BCUT2D eigenvalue weighted by atomic mass is 35.5. The molecule has 0 aliphatic heterocycles. The minimum Gasteiger partial charge on any atom is -0.378 e. The van der Waals surface area contributed by atoms with Crippen LogP contribution in [0.3, 0.4) is 0 Å². The van der Waals surface area contributed by atoms with Gasteiger partial charge in [0.15, 0.2) is 0 Å². The first-order valence-corrected chi connectivity index (χ1v) is 5.36. The average Bonchev–Trinajstić information content (AvgIpc) is 2.17. The van der Waals surface area contributed by atoms with E-state index in [1.165, 1.54) is 0 Å². The van der Waals surface area contributed by atoms with Crippen LogP contribution in [0.4, 0.5) is 5.69 Å². The van der Waals surface area contributed by atoms with Gasteiger partial charge in [0, 0.05) is 30.8 Å². The van der Waals surface area contributed by atoms with E-state index in [-0.39, 0.29) is 6.04 Å². The van der Waals surface area contributed by atoms with E-state index in [2.05, 4.69) is 0 Å². The van der Waals surface area contributed by atoms with Crippen molar-refractivity contribution in [1.82, 2.24) is 0 Å². The molecule has 0 unspecified atom stereocenters. The topological polar surface area (TPSA) is 55.3 Å². The van der Waals surface area contributed by atoms with Gasteiger partial charge in [0.2, 0.25) is 0 Å². The number of nitrogens with zero attached hydrogens (tertiary/aromatic N) is 1. The lowest BCUT2D eigenvalue weighted by Crippen LogP contribution is -2.16. The molecule has 0 saturated heterocycles. The predicted molar refractivity (Wildman–Crippen MR) is 66.4 cm³/mol. The van der Waals surface area contributed by atoms with E-state index in [0.29, 0.717) is 11.6 Å². The van der Waals surface area contributed by atoms with Crippen LogP contribution in [0.15, 0.2) is 18.2 Å². The quantitative estimate of drug-likeness (QED) is 0.824. The van der Waals surface area contributed by atoms with Crippen LogP contribution in [-0.2, 0) is 0 Å². The molecule has 0 heterocycles. The second-order valence-electron chi connectivity index (χ2n) is 3.78. The highest BCUT2D eigenvalue weighted by Gasteiger charge is 2.10. The molecular formula is C11H18ClN3. The second kappa shape index (κ2) is 5.35. The summed E-state index contributed by atoms with van der Waals surface area (Å²) < 4.78 is 0. The molecule has 0 amide bonds. The fourth-order valence-corrected chi connectivity index (χ4v) is 1.74. The molecule has 4 heteroatoms. The Hall–Kier alpha value is -0.770. The summed E-state index contributed by atoms with van der Waals surface area (Å²) in [6.45, 7) is 0.576. The van der Waals surface area contributed by atoms with Crippen LogP contribution < -0.4 is 16.4 Å². The van der Waals surface area contributed by atoms with Gasteiger partial charge in [-0.1, -0.05) is 17.7 Å². The highest BCUT2D eigenvalue weighted by Crippen LogP contribution is 2.27. The molecule has 0 spiro atoms. The van der Waals surface area contributed by atoms with Gasteiger partial charge in [0.1, 0.15) is 0 Å². The van der Waals surface area contributed by atoms with Gasteiger partial charge in [-0.2, -0.15) is 0 Å². The number of hydrogen-bond acceptors (Lipinski definition) is 3. The first-order chi connectivity index (χ1) is 7.06. The number of rotatable bonds is 4. The first-order valence-electron chi connectivity index (χ1n) is 4.98. The number of halogens is 1. The van der Waals surface area contributed by atoms with E-state index < -0.39 is 0 Å². The van der Waals surface area contributed by atoms with E-state index in [1.54, 1.807) is 0 Å². The largest absolute Gasteiger partial charge is 0.378 e. The van der Waals surface area contributed by atoms with E-state index >= 15 is 0 Å². The molecule has 0 radical (unpaired) electrons. The summed E-state index contributed by atoms with van der Waals surface area (Å²) in [5.41, 5.74) is 13.5. The van der Waals surface area contributed by atoms with Crippen molar-refractivity contribution in [2.45, 2.75) is 12.5 Å². The van der Waals surface area contributed by atoms with Crippen molar-refractivity contribution in [1.29, 1.82) is 0 Å². The maximum atomic E-state index is 6.16. The second-order valence-corrected chi connectivity index (χ2v) is 4.19. The highest BCUT2D eigenvalue weighted by molar-refractivity contribution is 6.31.